The molecule has 2 heteroatoms. The lowest BCUT2D eigenvalue weighted by Gasteiger charge is -2.15. The van der Waals surface area contributed by atoms with Crippen molar-refractivity contribution in [2.45, 2.75) is 57.8 Å². The van der Waals surface area contributed by atoms with E-state index in [0.717, 1.165) is 38.4 Å². The van der Waals surface area contributed by atoms with Crippen molar-refractivity contribution in [3.05, 3.63) is 29.1 Å². The molecule has 0 aromatic carbocycles. The second-order valence-electron chi connectivity index (χ2n) is 4.88. The van der Waals surface area contributed by atoms with E-state index in [0.29, 0.717) is 6.42 Å². The van der Waals surface area contributed by atoms with Gasteiger partial charge in [-0.05, 0) is 56.6 Å². The number of carbonyl (C=O) groups excluding carboxylic acids is 1. The lowest BCUT2D eigenvalue weighted by atomic mass is 9.95. The van der Waals surface area contributed by atoms with Gasteiger partial charge in [0.1, 0.15) is 6.29 Å². The first kappa shape index (κ1) is 12.3. The first-order valence-electron chi connectivity index (χ1n) is 6.81. The zero-order chi connectivity index (χ0) is 11.9. The Hall–Kier alpha value is -1.18. The number of hydrogen-bond donors (Lipinski definition) is 0. The lowest BCUT2D eigenvalue weighted by molar-refractivity contribution is -0.107. The van der Waals surface area contributed by atoms with Crippen molar-refractivity contribution >= 4 is 6.29 Å². The van der Waals surface area contributed by atoms with E-state index in [9.17, 15) is 4.79 Å². The third-order valence-corrected chi connectivity index (χ3v) is 3.49. The molecule has 1 heterocycles. The van der Waals surface area contributed by atoms with Crippen LogP contribution < -0.4 is 0 Å². The Kier molecular flexibility index (Phi) is 4.72. The van der Waals surface area contributed by atoms with Crippen molar-refractivity contribution in [3.8, 4) is 0 Å². The van der Waals surface area contributed by atoms with Crippen LogP contribution in [-0.2, 0) is 24.1 Å². The second-order valence-corrected chi connectivity index (χ2v) is 4.88. The maximum Gasteiger partial charge on any atom is 0.119 e. The predicted molar refractivity (Wildman–Crippen MR) is 69.1 cm³/mol. The van der Waals surface area contributed by atoms with Gasteiger partial charge in [0, 0.05) is 17.8 Å². The molecule has 1 aliphatic rings. The van der Waals surface area contributed by atoms with E-state index >= 15 is 0 Å². The van der Waals surface area contributed by atoms with Crippen LogP contribution in [0.4, 0.5) is 0 Å². The minimum absolute atomic E-state index is 0.706. The molecule has 1 aliphatic carbocycles. The minimum atomic E-state index is 0.706. The van der Waals surface area contributed by atoms with E-state index in [-0.39, 0.29) is 0 Å². The molecule has 0 amide bonds. The molecule has 0 atom stereocenters. The number of hydrogen-bond acceptors (Lipinski definition) is 2. The van der Waals surface area contributed by atoms with E-state index in [4.69, 9.17) is 4.98 Å². The Bertz CT molecular complexity index is 373. The van der Waals surface area contributed by atoms with Gasteiger partial charge in [0.15, 0.2) is 0 Å². The molecule has 0 spiro atoms. The summed E-state index contributed by atoms with van der Waals surface area (Å²) in [6.45, 7) is 0. The highest BCUT2D eigenvalue weighted by Crippen LogP contribution is 2.20. The number of aromatic nitrogens is 1. The van der Waals surface area contributed by atoms with Crippen molar-refractivity contribution in [2.75, 3.05) is 0 Å². The minimum Gasteiger partial charge on any atom is -0.303 e. The number of fused-ring (bicyclic) bond motifs is 1. The second kappa shape index (κ2) is 6.53. The summed E-state index contributed by atoms with van der Waals surface area (Å²) >= 11 is 0. The number of carbonyl (C=O) groups is 1. The van der Waals surface area contributed by atoms with Crippen molar-refractivity contribution in [1.82, 2.24) is 4.98 Å². The average molecular weight is 231 g/mol. The largest absolute Gasteiger partial charge is 0.303 e. The summed E-state index contributed by atoms with van der Waals surface area (Å²) in [4.78, 5) is 14.9. The van der Waals surface area contributed by atoms with Crippen LogP contribution in [0.5, 0.6) is 0 Å². The van der Waals surface area contributed by atoms with Gasteiger partial charge < -0.3 is 4.79 Å². The topological polar surface area (TPSA) is 30.0 Å². The molecule has 2 rings (SSSR count). The SMILES string of the molecule is O=CCCCCCc1ccc2c(n1)CCCC2. The Morgan fingerprint density at radius 2 is 2.00 bits per heavy atom. The number of nitrogens with zero attached hydrogens (tertiary/aromatic N) is 1. The van der Waals surface area contributed by atoms with E-state index in [1.54, 1.807) is 0 Å². The summed E-state index contributed by atoms with van der Waals surface area (Å²) in [5.41, 5.74) is 4.03. The summed E-state index contributed by atoms with van der Waals surface area (Å²) < 4.78 is 0. The summed E-state index contributed by atoms with van der Waals surface area (Å²) in [6.07, 6.45) is 11.1. The Labute approximate surface area is 103 Å². The summed E-state index contributed by atoms with van der Waals surface area (Å²) in [5, 5.41) is 0. The number of aryl methyl sites for hydroxylation is 3. The average Bonchev–Trinajstić information content (AvgIpc) is 2.38. The molecule has 0 saturated carbocycles. The monoisotopic (exact) mass is 231 g/mol. The number of rotatable bonds is 6. The molecule has 0 N–H and O–H groups in total. The van der Waals surface area contributed by atoms with E-state index in [1.807, 2.05) is 0 Å². The summed E-state index contributed by atoms with van der Waals surface area (Å²) in [6, 6.07) is 4.45. The molecule has 17 heavy (non-hydrogen) atoms. The van der Waals surface area contributed by atoms with Crippen LogP contribution in [0.2, 0.25) is 0 Å². The normalized spacial score (nSPS) is 14.4. The van der Waals surface area contributed by atoms with Crippen molar-refractivity contribution in [1.29, 1.82) is 0 Å². The van der Waals surface area contributed by atoms with Gasteiger partial charge in [0.05, 0.1) is 0 Å². The highest BCUT2D eigenvalue weighted by atomic mass is 16.1. The molecule has 0 saturated heterocycles. The molecule has 1 aromatic heterocycles. The van der Waals surface area contributed by atoms with Crippen LogP contribution in [0.25, 0.3) is 0 Å². The van der Waals surface area contributed by atoms with Crippen LogP contribution in [-0.4, -0.2) is 11.3 Å². The number of unbranched alkanes of at least 4 members (excludes halogenated alkanes) is 3. The Morgan fingerprint density at radius 3 is 2.88 bits per heavy atom. The lowest BCUT2D eigenvalue weighted by Crippen LogP contribution is -2.06. The molecule has 2 nitrogen and oxygen atoms in total. The molecule has 0 fully saturated rings. The highest BCUT2D eigenvalue weighted by Gasteiger charge is 2.10. The van der Waals surface area contributed by atoms with Gasteiger partial charge in [-0.1, -0.05) is 12.5 Å². The zero-order valence-electron chi connectivity index (χ0n) is 10.5. The molecule has 0 bridgehead atoms. The smallest absolute Gasteiger partial charge is 0.119 e. The van der Waals surface area contributed by atoms with Crippen LogP contribution in [0.1, 0.15) is 55.5 Å². The molecule has 1 aromatic rings. The van der Waals surface area contributed by atoms with Crippen molar-refractivity contribution in [3.63, 3.8) is 0 Å². The Balaban J connectivity index is 1.82. The van der Waals surface area contributed by atoms with Gasteiger partial charge in [-0.15, -0.1) is 0 Å². The van der Waals surface area contributed by atoms with Gasteiger partial charge in [-0.2, -0.15) is 0 Å². The summed E-state index contributed by atoms with van der Waals surface area (Å²) in [5.74, 6) is 0. The quantitative estimate of drug-likeness (QED) is 0.555. The van der Waals surface area contributed by atoms with E-state index in [1.165, 1.54) is 36.2 Å². The van der Waals surface area contributed by atoms with Crippen LogP contribution >= 0.6 is 0 Å². The first-order valence-corrected chi connectivity index (χ1v) is 6.81. The molecular formula is C15H21NO. The molecule has 0 unspecified atom stereocenters. The third kappa shape index (κ3) is 3.65. The number of aldehydes is 1. The molecule has 0 aliphatic heterocycles. The van der Waals surface area contributed by atoms with Crippen LogP contribution in [0.15, 0.2) is 12.1 Å². The first-order chi connectivity index (χ1) is 8.40. The predicted octanol–water partition coefficient (Wildman–Crippen LogP) is 3.26. The van der Waals surface area contributed by atoms with Gasteiger partial charge >= 0.3 is 0 Å². The van der Waals surface area contributed by atoms with Gasteiger partial charge in [0.25, 0.3) is 0 Å². The van der Waals surface area contributed by atoms with Crippen LogP contribution in [0.3, 0.4) is 0 Å². The highest BCUT2D eigenvalue weighted by molar-refractivity contribution is 5.48. The zero-order valence-corrected chi connectivity index (χ0v) is 10.5. The van der Waals surface area contributed by atoms with Gasteiger partial charge in [-0.25, -0.2) is 0 Å². The van der Waals surface area contributed by atoms with Crippen molar-refractivity contribution in [2.24, 2.45) is 0 Å². The van der Waals surface area contributed by atoms with Crippen LogP contribution in [0, 0.1) is 0 Å². The molecule has 0 radical (unpaired) electrons. The maximum absolute atomic E-state index is 10.2. The summed E-state index contributed by atoms with van der Waals surface area (Å²) in [7, 11) is 0. The fraction of sp³-hybridized carbons (Fsp3) is 0.600. The Morgan fingerprint density at radius 1 is 1.12 bits per heavy atom. The van der Waals surface area contributed by atoms with Gasteiger partial charge in [-0.3, -0.25) is 4.98 Å². The number of pyridine rings is 1. The molecular weight excluding hydrogens is 210 g/mol. The van der Waals surface area contributed by atoms with E-state index in [2.05, 4.69) is 12.1 Å². The third-order valence-electron chi connectivity index (χ3n) is 3.49. The fourth-order valence-corrected chi connectivity index (χ4v) is 2.48. The van der Waals surface area contributed by atoms with Gasteiger partial charge in [0.2, 0.25) is 0 Å². The van der Waals surface area contributed by atoms with E-state index < -0.39 is 0 Å². The fourth-order valence-electron chi connectivity index (χ4n) is 2.48. The standard InChI is InChI=1S/C15H21NO/c17-12-6-2-1-3-8-14-11-10-13-7-4-5-9-15(13)16-14/h10-12H,1-9H2. The maximum atomic E-state index is 10.2. The molecule has 92 valence electrons. The van der Waals surface area contributed by atoms with Crippen molar-refractivity contribution < 1.29 is 4.79 Å².